The first kappa shape index (κ1) is 31.8. The van der Waals surface area contributed by atoms with Crippen molar-refractivity contribution in [2.75, 3.05) is 61.8 Å². The number of benzene rings is 3. The number of hydrogen-bond donors (Lipinski definition) is 2. The molecule has 5 aromatic rings. The lowest BCUT2D eigenvalue weighted by atomic mass is 10.1. The summed E-state index contributed by atoms with van der Waals surface area (Å²) in [5.41, 5.74) is 4.05. The number of halogens is 2. The van der Waals surface area contributed by atoms with Crippen molar-refractivity contribution in [1.82, 2.24) is 24.8 Å². The molecule has 0 bridgehead atoms. The second-order valence-electron chi connectivity index (χ2n) is 12.2. The molecule has 7 rings (SSSR count). The smallest absolute Gasteiger partial charge is 0.261 e. The number of amides is 1. The highest BCUT2D eigenvalue weighted by atomic mass is 32.1. The number of carbonyl (C=O) groups excluding carboxylic acids is 1. The zero-order chi connectivity index (χ0) is 33.0. The molecule has 4 heterocycles. The number of carbonyl (C=O) groups is 1. The van der Waals surface area contributed by atoms with Crippen molar-refractivity contribution in [3.8, 4) is 21.8 Å². The third kappa shape index (κ3) is 7.20. The molecule has 2 N–H and O–H groups in total. The van der Waals surface area contributed by atoms with E-state index >= 15 is 0 Å². The first-order chi connectivity index (χ1) is 23.4. The number of nitrogens with zero attached hydrogens (tertiary/aromatic N) is 6. The van der Waals surface area contributed by atoms with E-state index in [1.54, 1.807) is 35.7 Å². The Morgan fingerprint density at radius 2 is 1.58 bits per heavy atom. The predicted molar refractivity (Wildman–Crippen MR) is 187 cm³/mol. The molecular weight excluding hydrogens is 631 g/mol. The molecule has 9 nitrogen and oxygen atoms in total. The molecule has 48 heavy (non-hydrogen) atoms. The van der Waals surface area contributed by atoms with Crippen LogP contribution in [0.5, 0.6) is 0 Å². The molecule has 0 aliphatic carbocycles. The van der Waals surface area contributed by atoms with E-state index in [1.807, 2.05) is 24.3 Å². The van der Waals surface area contributed by atoms with Crippen molar-refractivity contribution >= 4 is 39.7 Å². The monoisotopic (exact) mass is 666 g/mol. The molecule has 0 spiro atoms. The summed E-state index contributed by atoms with van der Waals surface area (Å²) in [6.07, 6.45) is 4.24. The Hall–Kier alpha value is -4.78. The van der Waals surface area contributed by atoms with E-state index in [4.69, 9.17) is 9.97 Å². The molecule has 0 atom stereocenters. The Kier molecular flexibility index (Phi) is 9.37. The summed E-state index contributed by atoms with van der Waals surface area (Å²) in [6, 6.07) is 20.7. The molecule has 0 unspecified atom stereocenters. The second-order valence-corrected chi connectivity index (χ2v) is 13.1. The third-order valence-electron chi connectivity index (χ3n) is 8.65. The van der Waals surface area contributed by atoms with Crippen molar-refractivity contribution in [2.45, 2.75) is 19.4 Å². The number of rotatable bonds is 9. The molecule has 2 aliphatic heterocycles. The van der Waals surface area contributed by atoms with Gasteiger partial charge in [-0.25, -0.2) is 23.7 Å². The van der Waals surface area contributed by atoms with E-state index in [0.29, 0.717) is 23.0 Å². The first-order valence-electron chi connectivity index (χ1n) is 16.1. The van der Waals surface area contributed by atoms with Gasteiger partial charge in [-0.1, -0.05) is 41.7 Å². The Labute approximate surface area is 282 Å². The van der Waals surface area contributed by atoms with Crippen LogP contribution in [0.4, 0.5) is 31.2 Å². The van der Waals surface area contributed by atoms with Gasteiger partial charge in [-0.2, -0.15) is 0 Å². The summed E-state index contributed by atoms with van der Waals surface area (Å²) in [7, 11) is 2.11. The SMILES string of the molecule is CN1CCN(c2nc(-c3cccc(NC(=O)c4c(F)cccc4F)c3)c(-c3ccnc(Nc4cccc(CN5CCCC5)c4)n3)s2)CC1. The zero-order valence-electron chi connectivity index (χ0n) is 26.6. The van der Waals surface area contributed by atoms with Crippen LogP contribution in [0.1, 0.15) is 28.8 Å². The fourth-order valence-corrected chi connectivity index (χ4v) is 7.19. The number of likely N-dealkylation sites (N-methyl/N-ethyl adjacent to an activating group) is 1. The van der Waals surface area contributed by atoms with E-state index in [9.17, 15) is 13.6 Å². The maximum Gasteiger partial charge on any atom is 0.261 e. The highest BCUT2D eigenvalue weighted by molar-refractivity contribution is 7.19. The molecule has 12 heteroatoms. The van der Waals surface area contributed by atoms with Crippen molar-refractivity contribution in [1.29, 1.82) is 0 Å². The Balaban J connectivity index is 1.19. The second kappa shape index (κ2) is 14.1. The van der Waals surface area contributed by atoms with E-state index in [-0.39, 0.29) is 0 Å². The quantitative estimate of drug-likeness (QED) is 0.176. The van der Waals surface area contributed by atoms with Crippen LogP contribution in [0.25, 0.3) is 21.8 Å². The van der Waals surface area contributed by atoms with E-state index in [1.165, 1.54) is 24.5 Å². The zero-order valence-corrected chi connectivity index (χ0v) is 27.4. The van der Waals surface area contributed by atoms with Gasteiger partial charge in [0.2, 0.25) is 5.95 Å². The van der Waals surface area contributed by atoms with E-state index < -0.39 is 23.1 Å². The van der Waals surface area contributed by atoms with Gasteiger partial charge >= 0.3 is 0 Å². The Morgan fingerprint density at radius 3 is 2.38 bits per heavy atom. The largest absolute Gasteiger partial charge is 0.345 e. The number of anilines is 4. The molecule has 1 amide bonds. The summed E-state index contributed by atoms with van der Waals surface area (Å²) < 4.78 is 28.7. The maximum atomic E-state index is 14.3. The van der Waals surface area contributed by atoms with Gasteiger partial charge in [0.25, 0.3) is 5.91 Å². The van der Waals surface area contributed by atoms with Crippen LogP contribution < -0.4 is 15.5 Å². The van der Waals surface area contributed by atoms with Gasteiger partial charge < -0.3 is 20.4 Å². The van der Waals surface area contributed by atoms with Crippen LogP contribution in [0.3, 0.4) is 0 Å². The predicted octanol–water partition coefficient (Wildman–Crippen LogP) is 6.89. The highest BCUT2D eigenvalue weighted by Gasteiger charge is 2.24. The van der Waals surface area contributed by atoms with Gasteiger partial charge in [0.1, 0.15) is 17.2 Å². The highest BCUT2D eigenvalue weighted by Crippen LogP contribution is 2.41. The molecule has 2 saturated heterocycles. The molecule has 0 radical (unpaired) electrons. The van der Waals surface area contributed by atoms with Gasteiger partial charge in [-0.05, 0) is 81.0 Å². The summed E-state index contributed by atoms with van der Waals surface area (Å²) in [4.78, 5) is 35.3. The standard InChI is InChI=1S/C36H36F2N8OS/c1-44-17-19-46(20-18-44)36-43-32(25-8-5-10-27(22-25)40-34(47)31-28(37)11-6-12-29(31)38)33(48-36)30-13-14-39-35(42-30)41-26-9-4-7-24(21-26)23-45-15-2-3-16-45/h4-14,21-22H,2-3,15-20,23H2,1H3,(H,40,47)(H,39,41,42). The fraction of sp³-hybridized carbons (Fsp3) is 0.278. The van der Waals surface area contributed by atoms with E-state index in [0.717, 1.165) is 79.2 Å². The minimum atomic E-state index is -0.922. The molecular formula is C36H36F2N8OS. The Bertz CT molecular complexity index is 1900. The number of aromatic nitrogens is 3. The average Bonchev–Trinajstić information content (AvgIpc) is 3.76. The van der Waals surface area contributed by atoms with Crippen LogP contribution in [0, 0.1) is 11.6 Å². The number of likely N-dealkylation sites (tertiary alicyclic amines) is 1. The lowest BCUT2D eigenvalue weighted by molar-refractivity contribution is 0.101. The maximum absolute atomic E-state index is 14.3. The van der Waals surface area contributed by atoms with Crippen molar-refractivity contribution in [2.24, 2.45) is 0 Å². The third-order valence-corrected chi connectivity index (χ3v) is 9.79. The Morgan fingerprint density at radius 1 is 0.854 bits per heavy atom. The molecule has 2 aliphatic rings. The number of piperazine rings is 1. The van der Waals surface area contributed by atoms with Crippen LogP contribution >= 0.6 is 11.3 Å². The number of thiazole rings is 1. The van der Waals surface area contributed by atoms with Crippen molar-refractivity contribution < 1.29 is 13.6 Å². The molecule has 0 saturated carbocycles. The summed E-state index contributed by atoms with van der Waals surface area (Å²) >= 11 is 1.56. The van der Waals surface area contributed by atoms with Crippen LogP contribution in [-0.4, -0.2) is 77.0 Å². The van der Waals surface area contributed by atoms with Crippen molar-refractivity contribution in [3.05, 3.63) is 102 Å². The minimum Gasteiger partial charge on any atom is -0.345 e. The number of hydrogen-bond acceptors (Lipinski definition) is 9. The van der Waals surface area contributed by atoms with Gasteiger partial charge in [0.05, 0.1) is 16.3 Å². The van der Waals surface area contributed by atoms with Crippen LogP contribution in [0.2, 0.25) is 0 Å². The van der Waals surface area contributed by atoms with Gasteiger partial charge in [0.15, 0.2) is 5.13 Å². The van der Waals surface area contributed by atoms with Crippen molar-refractivity contribution in [3.63, 3.8) is 0 Å². The van der Waals surface area contributed by atoms with E-state index in [2.05, 4.69) is 49.5 Å². The number of nitrogens with one attached hydrogen (secondary N) is 2. The molecule has 2 fully saturated rings. The van der Waals surface area contributed by atoms with Crippen LogP contribution in [-0.2, 0) is 6.54 Å². The molecule has 3 aromatic carbocycles. The average molecular weight is 667 g/mol. The molecule has 2 aromatic heterocycles. The van der Waals surface area contributed by atoms with Gasteiger partial charge in [0, 0.05) is 55.9 Å². The lowest BCUT2D eigenvalue weighted by Crippen LogP contribution is -2.44. The normalized spacial score (nSPS) is 15.5. The van der Waals surface area contributed by atoms with Gasteiger partial charge in [-0.3, -0.25) is 9.69 Å². The fourth-order valence-electron chi connectivity index (χ4n) is 6.08. The van der Waals surface area contributed by atoms with Crippen LogP contribution in [0.15, 0.2) is 79.0 Å². The topological polar surface area (TPSA) is 89.5 Å². The molecule has 246 valence electrons. The summed E-state index contributed by atoms with van der Waals surface area (Å²) in [6.45, 7) is 6.73. The lowest BCUT2D eigenvalue weighted by Gasteiger charge is -2.32. The van der Waals surface area contributed by atoms with Gasteiger partial charge in [-0.15, -0.1) is 0 Å². The first-order valence-corrected chi connectivity index (χ1v) is 16.9. The summed E-state index contributed by atoms with van der Waals surface area (Å²) in [5, 5.41) is 6.91. The minimum absolute atomic E-state index is 0.388. The summed E-state index contributed by atoms with van der Waals surface area (Å²) in [5.74, 6) is -2.24.